The predicted molar refractivity (Wildman–Crippen MR) is 99.7 cm³/mol. The minimum Gasteiger partial charge on any atom is -0.493 e. The lowest BCUT2D eigenvalue weighted by Gasteiger charge is -2.34. The van der Waals surface area contributed by atoms with Crippen LogP contribution in [0.25, 0.3) is 0 Å². The average molecular weight is 454 g/mol. The standard InChI is InChI=1S/C13H11Cl6N3O2/c1-23-9-4-3-7(5-10(9)24-2)8-6-11(12(14,15)16)21-22(20-8)13(17,18)19/h3-6,21H,1-2H3. The zero-order valence-electron chi connectivity index (χ0n) is 12.3. The van der Waals surface area contributed by atoms with Gasteiger partial charge in [-0.15, -0.1) is 0 Å². The normalized spacial score (nSPS) is 15.4. The minimum absolute atomic E-state index is 0.165. The lowest BCUT2D eigenvalue weighted by Crippen LogP contribution is -2.47. The van der Waals surface area contributed by atoms with Gasteiger partial charge in [0.2, 0.25) is 3.79 Å². The molecular weight excluding hydrogens is 443 g/mol. The van der Waals surface area contributed by atoms with Crippen molar-refractivity contribution in [3.05, 3.63) is 35.5 Å². The predicted octanol–water partition coefficient (Wildman–Crippen LogP) is 4.81. The smallest absolute Gasteiger partial charge is 0.301 e. The first-order valence-electron chi connectivity index (χ1n) is 6.29. The summed E-state index contributed by atoms with van der Waals surface area (Å²) in [5.74, 6) is 1.06. The van der Waals surface area contributed by atoms with E-state index in [-0.39, 0.29) is 5.70 Å². The fourth-order valence-electron chi connectivity index (χ4n) is 1.85. The topological polar surface area (TPSA) is 46.1 Å². The fraction of sp³-hybridized carbons (Fsp3) is 0.308. The molecule has 1 aromatic rings. The van der Waals surface area contributed by atoms with E-state index in [1.807, 2.05) is 0 Å². The van der Waals surface area contributed by atoms with Crippen LogP contribution in [0.3, 0.4) is 0 Å². The van der Waals surface area contributed by atoms with Crippen molar-refractivity contribution in [1.29, 1.82) is 0 Å². The van der Waals surface area contributed by atoms with Crippen molar-refractivity contribution in [1.82, 2.24) is 10.5 Å². The molecule has 0 saturated carbocycles. The fourth-order valence-corrected chi connectivity index (χ4v) is 2.38. The van der Waals surface area contributed by atoms with Crippen molar-refractivity contribution >= 4 is 75.3 Å². The van der Waals surface area contributed by atoms with Gasteiger partial charge in [0, 0.05) is 5.56 Å². The molecule has 1 N–H and O–H groups in total. The van der Waals surface area contributed by atoms with Crippen molar-refractivity contribution < 1.29 is 9.47 Å². The Morgan fingerprint density at radius 2 is 1.62 bits per heavy atom. The SMILES string of the molecule is COc1ccc(C2=NN(C(Cl)(Cl)Cl)NC(C(Cl)(Cl)Cl)=C2)cc1OC. The first kappa shape index (κ1) is 19.9. The van der Waals surface area contributed by atoms with Crippen molar-refractivity contribution in [3.63, 3.8) is 0 Å². The molecule has 0 fully saturated rings. The summed E-state index contributed by atoms with van der Waals surface area (Å²) in [4.78, 5) is 0. The number of hydrazone groups is 1. The van der Waals surface area contributed by atoms with E-state index in [0.717, 1.165) is 5.12 Å². The second-order valence-electron chi connectivity index (χ2n) is 4.50. The highest BCUT2D eigenvalue weighted by molar-refractivity contribution is 6.69. The molecule has 1 aromatic carbocycles. The number of allylic oxidation sites excluding steroid dienone is 2. The molecule has 0 bridgehead atoms. The summed E-state index contributed by atoms with van der Waals surface area (Å²) in [6.45, 7) is 0. The Morgan fingerprint density at radius 1 is 1.00 bits per heavy atom. The molecule has 0 atom stereocenters. The van der Waals surface area contributed by atoms with Gasteiger partial charge < -0.3 is 9.47 Å². The third kappa shape index (κ3) is 4.59. The molecule has 0 aromatic heterocycles. The Balaban J connectivity index is 2.52. The van der Waals surface area contributed by atoms with Gasteiger partial charge in [0.05, 0.1) is 25.6 Å². The molecule has 24 heavy (non-hydrogen) atoms. The zero-order chi connectivity index (χ0) is 18.1. The molecule has 0 aliphatic carbocycles. The highest BCUT2D eigenvalue weighted by atomic mass is 35.6. The number of benzene rings is 1. The Hall–Kier alpha value is -0.430. The summed E-state index contributed by atoms with van der Waals surface area (Å²) in [6.07, 6.45) is 1.53. The molecule has 0 amide bonds. The Labute approximate surface area is 168 Å². The Bertz CT molecular complexity index is 681. The minimum atomic E-state index is -1.91. The highest BCUT2D eigenvalue weighted by Gasteiger charge is 2.37. The summed E-state index contributed by atoms with van der Waals surface area (Å²) < 4.78 is 6.79. The number of rotatable bonds is 3. The lowest BCUT2D eigenvalue weighted by molar-refractivity contribution is 0.216. The molecule has 2 rings (SSSR count). The van der Waals surface area contributed by atoms with E-state index in [4.69, 9.17) is 79.1 Å². The third-order valence-corrected chi connectivity index (χ3v) is 4.03. The molecule has 0 spiro atoms. The zero-order valence-corrected chi connectivity index (χ0v) is 16.8. The molecule has 1 aliphatic heterocycles. The van der Waals surface area contributed by atoms with Crippen LogP contribution in [-0.4, -0.2) is 32.8 Å². The summed E-state index contributed by atoms with van der Waals surface area (Å²) in [5.41, 5.74) is 3.84. The first-order valence-corrected chi connectivity index (χ1v) is 8.56. The van der Waals surface area contributed by atoms with Crippen LogP contribution < -0.4 is 14.9 Å². The summed E-state index contributed by atoms with van der Waals surface area (Å²) in [5, 5.41) is 5.17. The number of nitrogens with zero attached hydrogens (tertiary/aromatic N) is 2. The Kier molecular flexibility index (Phi) is 6.17. The molecule has 1 heterocycles. The third-order valence-electron chi connectivity index (χ3n) is 2.94. The Morgan fingerprint density at radius 3 is 2.12 bits per heavy atom. The quantitative estimate of drug-likeness (QED) is 0.527. The number of ether oxygens (including phenoxy) is 2. The molecular formula is C13H11Cl6N3O2. The molecule has 11 heteroatoms. The number of halogens is 6. The second kappa shape index (κ2) is 7.44. The van der Waals surface area contributed by atoms with Crippen molar-refractivity contribution in [2.75, 3.05) is 14.2 Å². The van der Waals surface area contributed by atoms with Gasteiger partial charge in [0.25, 0.3) is 0 Å². The van der Waals surface area contributed by atoms with Crippen LogP contribution >= 0.6 is 69.6 Å². The maximum atomic E-state index is 5.93. The first-order chi connectivity index (χ1) is 11.1. The number of hydrogen-bond donors (Lipinski definition) is 1. The van der Waals surface area contributed by atoms with E-state index in [2.05, 4.69) is 10.5 Å². The van der Waals surface area contributed by atoms with Gasteiger partial charge in [-0.05, 0) is 24.3 Å². The van der Waals surface area contributed by atoms with Crippen LogP contribution in [0.15, 0.2) is 35.1 Å². The largest absolute Gasteiger partial charge is 0.493 e. The van der Waals surface area contributed by atoms with Gasteiger partial charge in [-0.1, -0.05) is 69.6 Å². The van der Waals surface area contributed by atoms with Crippen LogP contribution in [0.1, 0.15) is 5.56 Å². The van der Waals surface area contributed by atoms with Crippen LogP contribution in [-0.2, 0) is 0 Å². The molecule has 0 radical (unpaired) electrons. The number of nitrogens with one attached hydrogen (secondary N) is 1. The molecule has 132 valence electrons. The van der Waals surface area contributed by atoms with Crippen LogP contribution in [0.4, 0.5) is 0 Å². The number of hydrogen-bond acceptors (Lipinski definition) is 5. The lowest BCUT2D eigenvalue weighted by atomic mass is 10.1. The van der Waals surface area contributed by atoms with Crippen molar-refractivity contribution in [3.8, 4) is 11.5 Å². The van der Waals surface area contributed by atoms with Crippen molar-refractivity contribution in [2.24, 2.45) is 5.10 Å². The van der Waals surface area contributed by atoms with Gasteiger partial charge >= 0.3 is 3.92 Å². The van der Waals surface area contributed by atoms with Gasteiger partial charge in [-0.3, -0.25) is 5.43 Å². The summed E-state index contributed by atoms with van der Waals surface area (Å²) in [6, 6.07) is 5.15. The van der Waals surface area contributed by atoms with E-state index in [1.54, 1.807) is 18.2 Å². The molecule has 0 unspecified atom stereocenters. The maximum absolute atomic E-state index is 5.93. The van der Waals surface area contributed by atoms with Crippen LogP contribution in [0.2, 0.25) is 0 Å². The molecule has 1 aliphatic rings. The second-order valence-corrected chi connectivity index (χ2v) is 9.00. The monoisotopic (exact) mass is 451 g/mol. The van der Waals surface area contributed by atoms with Crippen LogP contribution in [0.5, 0.6) is 11.5 Å². The number of alkyl halides is 6. The van der Waals surface area contributed by atoms with Gasteiger partial charge in [-0.2, -0.15) is 10.2 Å². The number of methoxy groups -OCH3 is 2. The summed E-state index contributed by atoms with van der Waals surface area (Å²) in [7, 11) is 3.05. The number of hydrazine groups is 1. The van der Waals surface area contributed by atoms with E-state index < -0.39 is 7.71 Å². The van der Waals surface area contributed by atoms with Gasteiger partial charge in [0.1, 0.15) is 0 Å². The van der Waals surface area contributed by atoms with Gasteiger partial charge in [0.15, 0.2) is 11.5 Å². The van der Waals surface area contributed by atoms with E-state index >= 15 is 0 Å². The molecule has 0 saturated heterocycles. The maximum Gasteiger partial charge on any atom is 0.301 e. The molecule has 5 nitrogen and oxygen atoms in total. The summed E-state index contributed by atoms with van der Waals surface area (Å²) >= 11 is 35.4. The van der Waals surface area contributed by atoms with E-state index in [1.165, 1.54) is 20.3 Å². The van der Waals surface area contributed by atoms with Crippen molar-refractivity contribution in [2.45, 2.75) is 7.71 Å². The van der Waals surface area contributed by atoms with Gasteiger partial charge in [-0.25, -0.2) is 0 Å². The average Bonchev–Trinajstić information content (AvgIpc) is 2.52. The van der Waals surface area contributed by atoms with E-state index in [0.29, 0.717) is 22.8 Å². The van der Waals surface area contributed by atoms with Crippen LogP contribution in [0, 0.1) is 0 Å². The highest BCUT2D eigenvalue weighted by Crippen LogP contribution is 2.38. The van der Waals surface area contributed by atoms with E-state index in [9.17, 15) is 0 Å².